The van der Waals surface area contributed by atoms with Crippen LogP contribution in [0.2, 0.25) is 0 Å². The quantitative estimate of drug-likeness (QED) is 0.532. The molecule has 0 heterocycles. The maximum absolute atomic E-state index is 10.2. The van der Waals surface area contributed by atoms with Gasteiger partial charge < -0.3 is 4.18 Å². The standard InChI is InChI=1S/C6H12O2S/c1-5(7)8-9-6(2,3)4/h1-4H3. The van der Waals surface area contributed by atoms with E-state index < -0.39 is 0 Å². The largest absolute Gasteiger partial charge is 0.391 e. The molecule has 3 heteroatoms. The van der Waals surface area contributed by atoms with Crippen LogP contribution in [0.1, 0.15) is 27.7 Å². The van der Waals surface area contributed by atoms with Gasteiger partial charge in [0, 0.05) is 11.7 Å². The van der Waals surface area contributed by atoms with Crippen LogP contribution in [0.25, 0.3) is 0 Å². The predicted octanol–water partition coefficient (Wildman–Crippen LogP) is 2.00. The molecule has 0 saturated carbocycles. The molecular weight excluding hydrogens is 136 g/mol. The second-order valence-electron chi connectivity index (χ2n) is 2.77. The molecule has 0 aromatic rings. The van der Waals surface area contributed by atoms with Gasteiger partial charge in [-0.05, 0) is 20.8 Å². The van der Waals surface area contributed by atoms with Gasteiger partial charge in [0.05, 0.1) is 12.0 Å². The summed E-state index contributed by atoms with van der Waals surface area (Å²) in [6.07, 6.45) is 0. The monoisotopic (exact) mass is 148 g/mol. The lowest BCUT2D eigenvalue weighted by molar-refractivity contribution is -0.130. The van der Waals surface area contributed by atoms with Crippen molar-refractivity contribution < 1.29 is 8.98 Å². The average molecular weight is 148 g/mol. The zero-order valence-corrected chi connectivity index (χ0v) is 7.04. The Morgan fingerprint density at radius 1 is 1.44 bits per heavy atom. The first-order chi connectivity index (χ1) is 3.92. The van der Waals surface area contributed by atoms with E-state index in [9.17, 15) is 4.79 Å². The van der Waals surface area contributed by atoms with Crippen LogP contribution >= 0.6 is 12.0 Å². The molecule has 0 atom stereocenters. The van der Waals surface area contributed by atoms with Crippen LogP contribution < -0.4 is 0 Å². The summed E-state index contributed by atoms with van der Waals surface area (Å²) in [7, 11) is 0. The minimum atomic E-state index is -0.241. The van der Waals surface area contributed by atoms with E-state index in [-0.39, 0.29) is 10.7 Å². The van der Waals surface area contributed by atoms with Gasteiger partial charge in [-0.15, -0.1) is 0 Å². The lowest BCUT2D eigenvalue weighted by atomic mass is 10.3. The molecule has 0 aliphatic heterocycles. The molecule has 9 heavy (non-hydrogen) atoms. The average Bonchev–Trinajstić information content (AvgIpc) is 1.59. The van der Waals surface area contributed by atoms with E-state index in [0.717, 1.165) is 0 Å². The normalized spacial score (nSPS) is 11.1. The summed E-state index contributed by atoms with van der Waals surface area (Å²) >= 11 is 1.19. The minimum Gasteiger partial charge on any atom is -0.391 e. The van der Waals surface area contributed by atoms with Gasteiger partial charge in [-0.1, -0.05) is 0 Å². The van der Waals surface area contributed by atoms with Crippen molar-refractivity contribution in [2.45, 2.75) is 32.4 Å². The van der Waals surface area contributed by atoms with E-state index in [1.165, 1.54) is 19.0 Å². The molecule has 0 unspecified atom stereocenters. The number of hydrogen-bond acceptors (Lipinski definition) is 3. The van der Waals surface area contributed by atoms with E-state index in [1.807, 2.05) is 20.8 Å². The topological polar surface area (TPSA) is 26.3 Å². The highest BCUT2D eigenvalue weighted by Crippen LogP contribution is 2.23. The Bertz CT molecular complexity index is 104. The molecule has 0 aromatic heterocycles. The summed E-state index contributed by atoms with van der Waals surface area (Å²) in [4.78, 5) is 10.2. The van der Waals surface area contributed by atoms with Crippen LogP contribution in [0.5, 0.6) is 0 Å². The Labute approximate surface area is 60.2 Å². The lowest BCUT2D eigenvalue weighted by Gasteiger charge is -2.13. The van der Waals surface area contributed by atoms with Gasteiger partial charge in [0.15, 0.2) is 0 Å². The second kappa shape index (κ2) is 3.11. The van der Waals surface area contributed by atoms with Crippen LogP contribution in [-0.4, -0.2) is 10.7 Å². The van der Waals surface area contributed by atoms with Gasteiger partial charge in [0.2, 0.25) is 0 Å². The Balaban J connectivity index is 3.39. The van der Waals surface area contributed by atoms with E-state index in [0.29, 0.717) is 0 Å². The Hall–Kier alpha value is -0.180. The van der Waals surface area contributed by atoms with Crippen LogP contribution in [0.15, 0.2) is 0 Å². The zero-order valence-electron chi connectivity index (χ0n) is 6.22. The van der Waals surface area contributed by atoms with Crippen LogP contribution in [0.4, 0.5) is 0 Å². The number of hydrogen-bond donors (Lipinski definition) is 0. The smallest absolute Gasteiger partial charge is 0.314 e. The van der Waals surface area contributed by atoms with Crippen molar-refractivity contribution in [1.82, 2.24) is 0 Å². The van der Waals surface area contributed by atoms with E-state index in [1.54, 1.807) is 0 Å². The van der Waals surface area contributed by atoms with Crippen LogP contribution in [0.3, 0.4) is 0 Å². The first kappa shape index (κ1) is 8.82. The molecule has 0 aliphatic carbocycles. The molecule has 0 rings (SSSR count). The van der Waals surface area contributed by atoms with E-state index >= 15 is 0 Å². The highest BCUT2D eigenvalue weighted by Gasteiger charge is 2.13. The number of carbonyl (C=O) groups excluding carboxylic acids is 1. The van der Waals surface area contributed by atoms with Crippen molar-refractivity contribution in [2.24, 2.45) is 0 Å². The molecule has 0 radical (unpaired) electrons. The van der Waals surface area contributed by atoms with Gasteiger partial charge in [0.1, 0.15) is 0 Å². The first-order valence-corrected chi connectivity index (χ1v) is 3.52. The van der Waals surface area contributed by atoms with E-state index in [2.05, 4.69) is 4.18 Å². The third kappa shape index (κ3) is 7.82. The van der Waals surface area contributed by atoms with Crippen molar-refractivity contribution >= 4 is 18.0 Å². The molecule has 0 bridgehead atoms. The third-order valence-electron chi connectivity index (χ3n) is 0.409. The highest BCUT2D eigenvalue weighted by atomic mass is 32.2. The van der Waals surface area contributed by atoms with Crippen molar-refractivity contribution in [3.63, 3.8) is 0 Å². The summed E-state index contributed by atoms with van der Waals surface area (Å²) < 4.78 is 4.69. The third-order valence-corrected chi connectivity index (χ3v) is 1.23. The highest BCUT2D eigenvalue weighted by molar-refractivity contribution is 7.96. The Morgan fingerprint density at radius 2 is 1.89 bits per heavy atom. The molecule has 0 fully saturated rings. The fourth-order valence-electron chi connectivity index (χ4n) is 0.184. The van der Waals surface area contributed by atoms with Crippen molar-refractivity contribution in [3.8, 4) is 0 Å². The number of carbonyl (C=O) groups is 1. The van der Waals surface area contributed by atoms with E-state index in [4.69, 9.17) is 0 Å². The minimum absolute atomic E-state index is 0.00562. The van der Waals surface area contributed by atoms with Crippen molar-refractivity contribution in [1.29, 1.82) is 0 Å². The Morgan fingerprint density at radius 3 is 2.00 bits per heavy atom. The summed E-state index contributed by atoms with van der Waals surface area (Å²) in [5.74, 6) is -0.241. The molecule has 0 saturated heterocycles. The van der Waals surface area contributed by atoms with Gasteiger partial charge in [0.25, 0.3) is 0 Å². The maximum Gasteiger partial charge on any atom is 0.314 e. The fraction of sp³-hybridized carbons (Fsp3) is 0.833. The molecule has 0 amide bonds. The summed E-state index contributed by atoms with van der Waals surface area (Å²) in [6.45, 7) is 7.36. The van der Waals surface area contributed by atoms with Gasteiger partial charge >= 0.3 is 5.97 Å². The summed E-state index contributed by atoms with van der Waals surface area (Å²) in [6, 6.07) is 0. The summed E-state index contributed by atoms with van der Waals surface area (Å²) in [5, 5.41) is 0. The molecule has 0 aromatic carbocycles. The molecule has 0 spiro atoms. The molecule has 0 aliphatic rings. The van der Waals surface area contributed by atoms with Gasteiger partial charge in [-0.3, -0.25) is 4.79 Å². The maximum atomic E-state index is 10.2. The fourth-order valence-corrected chi connectivity index (χ4v) is 0.551. The lowest BCUT2D eigenvalue weighted by Crippen LogP contribution is -2.09. The van der Waals surface area contributed by atoms with Gasteiger partial charge in [-0.2, -0.15) is 0 Å². The van der Waals surface area contributed by atoms with Crippen molar-refractivity contribution in [2.75, 3.05) is 0 Å². The van der Waals surface area contributed by atoms with Gasteiger partial charge in [-0.25, -0.2) is 0 Å². The first-order valence-electron chi connectivity index (χ1n) is 2.78. The second-order valence-corrected chi connectivity index (χ2v) is 4.33. The molecule has 2 nitrogen and oxygen atoms in total. The Kier molecular flexibility index (Phi) is 3.04. The van der Waals surface area contributed by atoms with Crippen LogP contribution in [0, 0.1) is 0 Å². The number of rotatable bonds is 1. The predicted molar refractivity (Wildman–Crippen MR) is 39.1 cm³/mol. The molecule has 0 N–H and O–H groups in total. The summed E-state index contributed by atoms with van der Waals surface area (Å²) in [5.41, 5.74) is 0. The molecular formula is C6H12O2S. The SMILES string of the molecule is CC(=O)OSC(C)(C)C. The molecule has 54 valence electrons. The van der Waals surface area contributed by atoms with Crippen molar-refractivity contribution in [3.05, 3.63) is 0 Å². The zero-order chi connectivity index (χ0) is 7.49. The van der Waals surface area contributed by atoms with Crippen LogP contribution in [-0.2, 0) is 8.98 Å².